The summed E-state index contributed by atoms with van der Waals surface area (Å²) in [6, 6.07) is 1.72. The van der Waals surface area contributed by atoms with E-state index in [-0.39, 0.29) is 0 Å². The van der Waals surface area contributed by atoms with E-state index < -0.39 is 0 Å². The van der Waals surface area contributed by atoms with E-state index in [1.165, 1.54) is 19.3 Å². The highest BCUT2D eigenvalue weighted by Gasteiger charge is 2.20. The molecule has 0 radical (unpaired) electrons. The number of nitrogens with zero attached hydrogens (tertiary/aromatic N) is 2. The first-order chi connectivity index (χ1) is 7.25. The lowest BCUT2D eigenvalue weighted by atomic mass is 10.3. The number of rotatable bonds is 5. The van der Waals surface area contributed by atoms with Crippen LogP contribution in [0.1, 0.15) is 25.0 Å². The highest BCUT2D eigenvalue weighted by atomic mass is 32.1. The van der Waals surface area contributed by atoms with Crippen LogP contribution < -0.4 is 11.1 Å². The van der Waals surface area contributed by atoms with Gasteiger partial charge in [-0.1, -0.05) is 25.1 Å². The van der Waals surface area contributed by atoms with Gasteiger partial charge in [0.25, 0.3) is 0 Å². The molecule has 1 saturated carbocycles. The highest BCUT2D eigenvalue weighted by Crippen LogP contribution is 2.31. The fourth-order valence-electron chi connectivity index (χ4n) is 1.38. The highest BCUT2D eigenvalue weighted by molar-refractivity contribution is 7.80. The van der Waals surface area contributed by atoms with Gasteiger partial charge in [-0.2, -0.15) is 0 Å². The largest absolute Gasteiger partial charge is 0.388 e. The summed E-state index contributed by atoms with van der Waals surface area (Å²) in [5.41, 5.74) is 6.10. The van der Waals surface area contributed by atoms with E-state index in [1.54, 1.807) is 12.3 Å². The van der Waals surface area contributed by atoms with Crippen molar-refractivity contribution in [2.24, 2.45) is 11.7 Å². The molecule has 1 heterocycles. The Balaban J connectivity index is 1.88. The molecule has 1 aliphatic carbocycles. The Morgan fingerprint density at radius 1 is 1.60 bits per heavy atom. The summed E-state index contributed by atoms with van der Waals surface area (Å²) in [4.78, 5) is 8.61. The molecule has 3 N–H and O–H groups in total. The zero-order chi connectivity index (χ0) is 10.7. The van der Waals surface area contributed by atoms with Crippen molar-refractivity contribution in [2.45, 2.75) is 19.3 Å². The molecule has 0 unspecified atom stereocenters. The van der Waals surface area contributed by atoms with E-state index in [4.69, 9.17) is 18.0 Å². The Hall–Kier alpha value is -1.23. The molecular formula is C10H14N4S. The van der Waals surface area contributed by atoms with Gasteiger partial charge in [-0.05, 0) is 18.4 Å². The Labute approximate surface area is 94.3 Å². The fraction of sp³-hybridized carbons (Fsp3) is 0.500. The number of anilines is 1. The van der Waals surface area contributed by atoms with Crippen LogP contribution >= 0.6 is 12.2 Å². The fourth-order valence-corrected chi connectivity index (χ4v) is 1.49. The van der Waals surface area contributed by atoms with Crippen LogP contribution in [0.2, 0.25) is 0 Å². The molecule has 0 amide bonds. The number of nitrogens with one attached hydrogen (secondary N) is 1. The molecule has 0 saturated heterocycles. The standard InChI is InChI=1S/C10H14N4S/c11-9(15)8-4-6-13-10(14-8)12-5-3-7-1-2-7/h4,6-7H,1-3,5H2,(H2,11,15)(H,12,13,14). The van der Waals surface area contributed by atoms with Gasteiger partial charge in [0.2, 0.25) is 5.95 Å². The lowest BCUT2D eigenvalue weighted by molar-refractivity contribution is 0.755. The van der Waals surface area contributed by atoms with Crippen molar-refractivity contribution in [3.63, 3.8) is 0 Å². The molecule has 80 valence electrons. The molecular weight excluding hydrogens is 208 g/mol. The van der Waals surface area contributed by atoms with Crippen LogP contribution in [-0.2, 0) is 0 Å². The van der Waals surface area contributed by atoms with Crippen molar-refractivity contribution < 1.29 is 0 Å². The van der Waals surface area contributed by atoms with E-state index in [1.807, 2.05) is 0 Å². The number of nitrogens with two attached hydrogens (primary N) is 1. The van der Waals surface area contributed by atoms with Gasteiger partial charge in [0.1, 0.15) is 10.7 Å². The maximum absolute atomic E-state index is 5.48. The number of thiocarbonyl (C=S) groups is 1. The van der Waals surface area contributed by atoms with Crippen molar-refractivity contribution in [1.29, 1.82) is 0 Å². The normalized spacial score (nSPS) is 14.9. The quantitative estimate of drug-likeness (QED) is 0.736. The summed E-state index contributed by atoms with van der Waals surface area (Å²) in [6.45, 7) is 0.922. The van der Waals surface area contributed by atoms with Gasteiger partial charge < -0.3 is 11.1 Å². The molecule has 4 nitrogen and oxygen atoms in total. The molecule has 15 heavy (non-hydrogen) atoms. The SMILES string of the molecule is NC(=S)c1ccnc(NCCC2CC2)n1. The Kier molecular flexibility index (Phi) is 3.11. The van der Waals surface area contributed by atoms with E-state index in [0.717, 1.165) is 12.5 Å². The third kappa shape index (κ3) is 3.13. The monoisotopic (exact) mass is 222 g/mol. The molecule has 1 fully saturated rings. The summed E-state index contributed by atoms with van der Waals surface area (Å²) in [5, 5.41) is 3.17. The summed E-state index contributed by atoms with van der Waals surface area (Å²) in [5.74, 6) is 1.53. The van der Waals surface area contributed by atoms with E-state index >= 15 is 0 Å². The number of hydrogen-bond acceptors (Lipinski definition) is 4. The topological polar surface area (TPSA) is 63.8 Å². The van der Waals surface area contributed by atoms with Gasteiger partial charge in [-0.3, -0.25) is 0 Å². The second kappa shape index (κ2) is 4.53. The molecule has 1 aromatic heterocycles. The van der Waals surface area contributed by atoms with E-state index in [0.29, 0.717) is 16.6 Å². The van der Waals surface area contributed by atoms with Gasteiger partial charge in [0.05, 0.1) is 0 Å². The Bertz CT molecular complexity index is 362. The van der Waals surface area contributed by atoms with Crippen molar-refractivity contribution in [3.8, 4) is 0 Å². The van der Waals surface area contributed by atoms with Gasteiger partial charge in [-0.25, -0.2) is 9.97 Å². The predicted octanol–water partition coefficient (Wildman–Crippen LogP) is 1.32. The van der Waals surface area contributed by atoms with Crippen molar-refractivity contribution in [3.05, 3.63) is 18.0 Å². The summed E-state index contributed by atoms with van der Waals surface area (Å²) in [6.07, 6.45) is 5.60. The zero-order valence-corrected chi connectivity index (χ0v) is 9.26. The van der Waals surface area contributed by atoms with Gasteiger partial charge in [-0.15, -0.1) is 0 Å². The summed E-state index contributed by atoms with van der Waals surface area (Å²) in [7, 11) is 0. The first kappa shape index (κ1) is 10.3. The molecule has 5 heteroatoms. The maximum atomic E-state index is 5.48. The van der Waals surface area contributed by atoms with Crippen LogP contribution in [0.5, 0.6) is 0 Å². The third-order valence-corrected chi connectivity index (χ3v) is 2.65. The van der Waals surface area contributed by atoms with Crippen LogP contribution in [0.15, 0.2) is 12.3 Å². The third-order valence-electron chi connectivity index (χ3n) is 2.44. The van der Waals surface area contributed by atoms with Gasteiger partial charge in [0, 0.05) is 12.7 Å². The maximum Gasteiger partial charge on any atom is 0.223 e. The Morgan fingerprint density at radius 3 is 3.07 bits per heavy atom. The van der Waals surface area contributed by atoms with E-state index in [2.05, 4.69) is 15.3 Å². The average molecular weight is 222 g/mol. The second-order valence-corrected chi connectivity index (χ2v) is 4.23. The molecule has 1 aliphatic rings. The minimum absolute atomic E-state index is 0.308. The Morgan fingerprint density at radius 2 is 2.40 bits per heavy atom. The minimum Gasteiger partial charge on any atom is -0.388 e. The molecule has 2 rings (SSSR count). The first-order valence-electron chi connectivity index (χ1n) is 5.12. The summed E-state index contributed by atoms with van der Waals surface area (Å²) < 4.78 is 0. The van der Waals surface area contributed by atoms with Crippen molar-refractivity contribution in [1.82, 2.24) is 9.97 Å². The van der Waals surface area contributed by atoms with Gasteiger partial charge in [0.15, 0.2) is 0 Å². The minimum atomic E-state index is 0.308. The molecule has 1 aromatic rings. The van der Waals surface area contributed by atoms with Crippen molar-refractivity contribution in [2.75, 3.05) is 11.9 Å². The zero-order valence-electron chi connectivity index (χ0n) is 8.44. The van der Waals surface area contributed by atoms with E-state index in [9.17, 15) is 0 Å². The predicted molar refractivity (Wildman–Crippen MR) is 63.8 cm³/mol. The van der Waals surface area contributed by atoms with Crippen molar-refractivity contribution >= 4 is 23.2 Å². The lowest BCUT2D eigenvalue weighted by Crippen LogP contribution is -2.14. The first-order valence-corrected chi connectivity index (χ1v) is 5.53. The average Bonchev–Trinajstić information content (AvgIpc) is 3.02. The summed E-state index contributed by atoms with van der Waals surface area (Å²) >= 11 is 4.85. The van der Waals surface area contributed by atoms with Crippen LogP contribution in [0.3, 0.4) is 0 Å². The molecule has 0 atom stereocenters. The van der Waals surface area contributed by atoms with Crippen LogP contribution in [0.4, 0.5) is 5.95 Å². The molecule has 0 aromatic carbocycles. The molecule has 0 bridgehead atoms. The van der Waals surface area contributed by atoms with Crippen LogP contribution in [0.25, 0.3) is 0 Å². The second-order valence-electron chi connectivity index (χ2n) is 3.79. The van der Waals surface area contributed by atoms with Crippen LogP contribution in [-0.4, -0.2) is 21.5 Å². The molecule has 0 spiro atoms. The number of aromatic nitrogens is 2. The smallest absolute Gasteiger partial charge is 0.223 e. The number of hydrogen-bond donors (Lipinski definition) is 2. The van der Waals surface area contributed by atoms with Gasteiger partial charge >= 0.3 is 0 Å². The molecule has 0 aliphatic heterocycles. The lowest BCUT2D eigenvalue weighted by Gasteiger charge is -2.04. The van der Waals surface area contributed by atoms with Crippen LogP contribution in [0, 0.1) is 5.92 Å².